The molecule has 0 fully saturated rings. The number of carbonyl (C=O) groups excluding carboxylic acids is 1. The molecule has 0 bridgehead atoms. The highest BCUT2D eigenvalue weighted by molar-refractivity contribution is 5.74. The first kappa shape index (κ1) is 25.4. The molecule has 0 saturated carbocycles. The third kappa shape index (κ3) is 6.03. The van der Waals surface area contributed by atoms with Crippen LogP contribution in [0.25, 0.3) is 0 Å². The second-order valence-electron chi connectivity index (χ2n) is 9.05. The summed E-state index contributed by atoms with van der Waals surface area (Å²) in [5.74, 6) is 0.873. The van der Waals surface area contributed by atoms with Gasteiger partial charge in [-0.25, -0.2) is 4.79 Å². The van der Waals surface area contributed by atoms with E-state index in [-0.39, 0.29) is 18.2 Å². The molecule has 7 nitrogen and oxygen atoms in total. The van der Waals surface area contributed by atoms with Crippen LogP contribution in [-0.4, -0.2) is 12.6 Å². The molecule has 1 aliphatic rings. The molecule has 4 aromatic carbocycles. The monoisotopic (exact) mass is 518 g/mol. The van der Waals surface area contributed by atoms with Gasteiger partial charge in [-0.2, -0.15) is 5.26 Å². The van der Waals surface area contributed by atoms with E-state index < -0.39 is 11.9 Å². The molecule has 7 heteroatoms. The third-order valence-corrected chi connectivity index (χ3v) is 6.24. The van der Waals surface area contributed by atoms with Gasteiger partial charge in [0.2, 0.25) is 5.88 Å². The van der Waals surface area contributed by atoms with Crippen LogP contribution in [0.1, 0.15) is 28.2 Å². The summed E-state index contributed by atoms with van der Waals surface area (Å²) in [5, 5.41) is 9.90. The van der Waals surface area contributed by atoms with Crippen LogP contribution in [0.4, 0.5) is 0 Å². The topological polar surface area (TPSA) is 104 Å². The summed E-state index contributed by atoms with van der Waals surface area (Å²) in [4.78, 5) is 12.4. The van der Waals surface area contributed by atoms with Crippen molar-refractivity contribution in [2.75, 3.05) is 6.61 Å². The van der Waals surface area contributed by atoms with Gasteiger partial charge in [0.25, 0.3) is 0 Å². The first-order valence-electron chi connectivity index (χ1n) is 12.4. The minimum absolute atomic E-state index is 0.00297. The summed E-state index contributed by atoms with van der Waals surface area (Å²) < 4.78 is 22.7. The van der Waals surface area contributed by atoms with Crippen LogP contribution in [0.3, 0.4) is 0 Å². The molecule has 0 saturated heterocycles. The Bertz CT molecular complexity index is 1560. The fraction of sp³-hybridized carbons (Fsp3) is 0.125. The molecule has 1 atom stereocenters. The smallest absolute Gasteiger partial charge is 0.349 e. The van der Waals surface area contributed by atoms with Crippen molar-refractivity contribution >= 4 is 5.97 Å². The number of hydrogen-bond acceptors (Lipinski definition) is 7. The summed E-state index contributed by atoms with van der Waals surface area (Å²) in [6.07, 6.45) is 0. The molecule has 5 rings (SSSR count). The number of allylic oxidation sites excluding steroid dienone is 1. The lowest BCUT2D eigenvalue weighted by Gasteiger charge is -2.27. The van der Waals surface area contributed by atoms with Crippen molar-refractivity contribution in [2.45, 2.75) is 19.4 Å². The number of nitriles is 1. The lowest BCUT2D eigenvalue weighted by atomic mass is 9.83. The van der Waals surface area contributed by atoms with Crippen molar-refractivity contribution in [1.82, 2.24) is 0 Å². The van der Waals surface area contributed by atoms with E-state index in [0.717, 1.165) is 22.3 Å². The van der Waals surface area contributed by atoms with Gasteiger partial charge >= 0.3 is 5.97 Å². The second-order valence-corrected chi connectivity index (χ2v) is 9.05. The van der Waals surface area contributed by atoms with E-state index >= 15 is 0 Å². The highest BCUT2D eigenvalue weighted by Gasteiger charge is 2.31. The number of hydrogen-bond donors (Lipinski definition) is 1. The number of carbonyl (C=O) groups is 1. The summed E-state index contributed by atoms with van der Waals surface area (Å²) in [6.45, 7) is 2.14. The minimum Gasteiger partial charge on any atom is -0.489 e. The van der Waals surface area contributed by atoms with Crippen molar-refractivity contribution in [3.8, 4) is 29.1 Å². The van der Waals surface area contributed by atoms with Crippen molar-refractivity contribution in [2.24, 2.45) is 5.73 Å². The molecule has 0 radical (unpaired) electrons. The zero-order valence-corrected chi connectivity index (χ0v) is 21.3. The lowest BCUT2D eigenvalue weighted by Crippen LogP contribution is -2.21. The molecule has 0 spiro atoms. The van der Waals surface area contributed by atoms with Crippen LogP contribution in [-0.2, 0) is 11.4 Å². The molecular formula is C32H26N2O5. The first-order chi connectivity index (χ1) is 19.0. The predicted molar refractivity (Wildman–Crippen MR) is 145 cm³/mol. The van der Waals surface area contributed by atoms with E-state index in [9.17, 15) is 10.1 Å². The van der Waals surface area contributed by atoms with Crippen molar-refractivity contribution in [1.29, 1.82) is 5.26 Å². The van der Waals surface area contributed by atoms with Gasteiger partial charge in [-0.15, -0.1) is 0 Å². The molecule has 1 aliphatic heterocycles. The quantitative estimate of drug-likeness (QED) is 0.233. The van der Waals surface area contributed by atoms with Crippen molar-refractivity contribution < 1.29 is 23.7 Å². The highest BCUT2D eigenvalue weighted by Crippen LogP contribution is 2.44. The lowest BCUT2D eigenvalue weighted by molar-refractivity contribution is -0.136. The molecule has 2 N–H and O–H groups in total. The Morgan fingerprint density at radius 1 is 0.897 bits per heavy atom. The van der Waals surface area contributed by atoms with Crippen LogP contribution in [0.5, 0.6) is 23.0 Å². The maximum Gasteiger partial charge on any atom is 0.349 e. The predicted octanol–water partition coefficient (Wildman–Crippen LogP) is 5.78. The summed E-state index contributed by atoms with van der Waals surface area (Å²) in [6, 6.07) is 32.0. The largest absolute Gasteiger partial charge is 0.489 e. The maximum atomic E-state index is 12.4. The molecule has 0 aliphatic carbocycles. The van der Waals surface area contributed by atoms with Gasteiger partial charge in [-0.3, -0.25) is 0 Å². The van der Waals surface area contributed by atoms with Crippen LogP contribution in [0.2, 0.25) is 0 Å². The van der Waals surface area contributed by atoms with Gasteiger partial charge in [0.05, 0.1) is 5.92 Å². The molecule has 4 aromatic rings. The molecule has 194 valence electrons. The standard InChI is InChI=1S/C32H26N2O5/c1-21-10-12-24(13-11-21)37-20-30(35)38-26-14-15-27-29(17-26)39-32(34)28(18-33)31(27)23-8-5-9-25(16-23)36-19-22-6-3-2-4-7-22/h2-17,31H,19-20,34H2,1H3. The number of esters is 1. The van der Waals surface area contributed by atoms with Crippen LogP contribution in [0, 0.1) is 18.3 Å². The Morgan fingerprint density at radius 3 is 2.44 bits per heavy atom. The number of nitrogens with two attached hydrogens (primary N) is 1. The Morgan fingerprint density at radius 2 is 1.67 bits per heavy atom. The van der Waals surface area contributed by atoms with E-state index in [1.165, 1.54) is 0 Å². The zero-order valence-electron chi connectivity index (χ0n) is 21.3. The van der Waals surface area contributed by atoms with E-state index in [1.54, 1.807) is 30.3 Å². The average Bonchev–Trinajstić information content (AvgIpc) is 2.95. The van der Waals surface area contributed by atoms with E-state index in [0.29, 0.717) is 29.4 Å². The number of rotatable bonds is 8. The number of benzene rings is 4. The van der Waals surface area contributed by atoms with E-state index in [1.807, 2.05) is 73.7 Å². The zero-order chi connectivity index (χ0) is 27.2. The summed E-state index contributed by atoms with van der Waals surface area (Å²) in [7, 11) is 0. The normalized spacial score (nSPS) is 14.0. The van der Waals surface area contributed by atoms with Crippen LogP contribution >= 0.6 is 0 Å². The van der Waals surface area contributed by atoms with E-state index in [2.05, 4.69) is 6.07 Å². The van der Waals surface area contributed by atoms with Crippen LogP contribution < -0.4 is 24.7 Å². The fourth-order valence-corrected chi connectivity index (χ4v) is 4.30. The molecule has 0 aromatic heterocycles. The molecular weight excluding hydrogens is 492 g/mol. The average molecular weight is 519 g/mol. The van der Waals surface area contributed by atoms with Crippen LogP contribution in [0.15, 0.2) is 109 Å². The fourth-order valence-electron chi connectivity index (χ4n) is 4.30. The molecule has 1 unspecified atom stereocenters. The van der Waals surface area contributed by atoms with Gasteiger partial charge in [-0.05, 0) is 48.4 Å². The van der Waals surface area contributed by atoms with E-state index in [4.69, 9.17) is 24.7 Å². The Kier molecular flexibility index (Phi) is 7.46. The van der Waals surface area contributed by atoms with Crippen molar-refractivity contribution in [3.05, 3.63) is 131 Å². The van der Waals surface area contributed by atoms with Gasteiger partial charge in [0.1, 0.15) is 41.2 Å². The third-order valence-electron chi connectivity index (χ3n) is 6.24. The summed E-state index contributed by atoms with van der Waals surface area (Å²) >= 11 is 0. The molecule has 1 heterocycles. The Balaban J connectivity index is 1.34. The molecule has 39 heavy (non-hydrogen) atoms. The van der Waals surface area contributed by atoms with Gasteiger partial charge < -0.3 is 24.7 Å². The SMILES string of the molecule is Cc1ccc(OCC(=O)Oc2ccc3c(c2)OC(N)=C(C#N)C3c2cccc(OCc3ccccc3)c2)cc1. The number of aryl methyl sites for hydroxylation is 1. The maximum absolute atomic E-state index is 12.4. The van der Waals surface area contributed by atoms with Gasteiger partial charge in [0.15, 0.2) is 6.61 Å². The number of ether oxygens (including phenoxy) is 4. The van der Waals surface area contributed by atoms with Gasteiger partial charge in [0, 0.05) is 11.6 Å². The highest BCUT2D eigenvalue weighted by atomic mass is 16.6. The number of fused-ring (bicyclic) bond motifs is 1. The van der Waals surface area contributed by atoms with Gasteiger partial charge in [-0.1, -0.05) is 66.2 Å². The summed E-state index contributed by atoms with van der Waals surface area (Å²) in [5.41, 5.74) is 10.1. The number of nitrogens with zero attached hydrogens (tertiary/aromatic N) is 1. The molecule has 0 amide bonds. The Hall–Kier alpha value is -5.22. The minimum atomic E-state index is -0.563. The Labute approximate surface area is 226 Å². The van der Waals surface area contributed by atoms with Crippen molar-refractivity contribution in [3.63, 3.8) is 0 Å². The second kappa shape index (κ2) is 11.4. The first-order valence-corrected chi connectivity index (χ1v) is 12.4.